The average Bonchev–Trinajstić information content (AvgIpc) is 2.86. The number of carbonyl (C=O) groups is 1. The molecule has 1 aliphatic heterocycles. The Morgan fingerprint density at radius 3 is 2.79 bits per heavy atom. The van der Waals surface area contributed by atoms with Crippen LogP contribution in [0.1, 0.15) is 23.2 Å². The van der Waals surface area contributed by atoms with Crippen LogP contribution in [-0.2, 0) is 0 Å². The molecule has 0 saturated heterocycles. The van der Waals surface area contributed by atoms with E-state index in [4.69, 9.17) is 10.5 Å². The number of rotatable bonds is 0. The summed E-state index contributed by atoms with van der Waals surface area (Å²) in [6.45, 7) is 0. The number of ketones is 1. The maximum absolute atomic E-state index is 11.9. The number of hydrogen-bond acceptors (Lipinski definition) is 3. The first kappa shape index (κ1) is 8.29. The SMILES string of the molecule is Nc1ccc2c(c1Br)C(=O)C1(CC1)O2. The van der Waals surface area contributed by atoms with Crippen molar-refractivity contribution in [2.45, 2.75) is 18.4 Å². The van der Waals surface area contributed by atoms with E-state index in [9.17, 15) is 4.79 Å². The number of halogens is 1. The van der Waals surface area contributed by atoms with Gasteiger partial charge in [0, 0.05) is 5.69 Å². The molecule has 2 N–H and O–H groups in total. The van der Waals surface area contributed by atoms with Crippen molar-refractivity contribution < 1.29 is 9.53 Å². The lowest BCUT2D eigenvalue weighted by Gasteiger charge is -2.03. The number of hydrogen-bond donors (Lipinski definition) is 1. The van der Waals surface area contributed by atoms with Crippen LogP contribution >= 0.6 is 15.9 Å². The van der Waals surface area contributed by atoms with Gasteiger partial charge >= 0.3 is 0 Å². The first-order valence-corrected chi connectivity index (χ1v) is 5.25. The summed E-state index contributed by atoms with van der Waals surface area (Å²) < 4.78 is 6.29. The second kappa shape index (κ2) is 2.31. The van der Waals surface area contributed by atoms with E-state index in [0.29, 0.717) is 21.5 Å². The third-order valence-electron chi connectivity index (χ3n) is 2.78. The average molecular weight is 254 g/mol. The standard InChI is InChI=1S/C10H8BrNO2/c11-8-5(12)1-2-6-7(8)9(13)10(14-6)3-4-10/h1-2H,3-4,12H2. The molecule has 14 heavy (non-hydrogen) atoms. The van der Waals surface area contributed by atoms with Crippen LogP contribution in [0, 0.1) is 0 Å². The zero-order valence-electron chi connectivity index (χ0n) is 7.34. The molecule has 1 saturated carbocycles. The molecule has 2 aliphatic rings. The molecular formula is C10H8BrNO2. The molecule has 1 aromatic rings. The van der Waals surface area contributed by atoms with E-state index in [1.54, 1.807) is 12.1 Å². The Hall–Kier alpha value is -1.03. The van der Waals surface area contributed by atoms with E-state index in [1.165, 1.54) is 0 Å². The summed E-state index contributed by atoms with van der Waals surface area (Å²) in [7, 11) is 0. The number of Topliss-reactive ketones (excluding diaryl/α,β-unsaturated/α-hetero) is 1. The minimum Gasteiger partial charge on any atom is -0.478 e. The van der Waals surface area contributed by atoms with Crippen LogP contribution in [0.15, 0.2) is 16.6 Å². The first-order valence-electron chi connectivity index (χ1n) is 4.46. The van der Waals surface area contributed by atoms with Crippen LogP contribution in [0.4, 0.5) is 5.69 Å². The van der Waals surface area contributed by atoms with E-state index < -0.39 is 5.60 Å². The van der Waals surface area contributed by atoms with Crippen molar-refractivity contribution in [2.24, 2.45) is 0 Å². The van der Waals surface area contributed by atoms with Gasteiger partial charge in [0.2, 0.25) is 5.78 Å². The lowest BCUT2D eigenvalue weighted by Crippen LogP contribution is -2.21. The normalized spacial score (nSPS) is 20.8. The Balaban J connectivity index is 2.24. The molecule has 3 rings (SSSR count). The minimum absolute atomic E-state index is 0.0756. The van der Waals surface area contributed by atoms with Crippen molar-refractivity contribution in [1.29, 1.82) is 0 Å². The van der Waals surface area contributed by atoms with Gasteiger partial charge in [0.1, 0.15) is 5.75 Å². The molecule has 4 heteroatoms. The van der Waals surface area contributed by atoms with E-state index in [2.05, 4.69) is 15.9 Å². The van der Waals surface area contributed by atoms with Crippen molar-refractivity contribution in [1.82, 2.24) is 0 Å². The fraction of sp³-hybridized carbons (Fsp3) is 0.300. The van der Waals surface area contributed by atoms with Gasteiger partial charge < -0.3 is 10.5 Å². The first-order chi connectivity index (χ1) is 6.64. The van der Waals surface area contributed by atoms with Gasteiger partial charge in [-0.05, 0) is 40.9 Å². The van der Waals surface area contributed by atoms with Gasteiger partial charge in [0.25, 0.3) is 0 Å². The molecule has 1 spiro atoms. The lowest BCUT2D eigenvalue weighted by atomic mass is 10.1. The van der Waals surface area contributed by atoms with Crippen LogP contribution in [0.5, 0.6) is 5.75 Å². The van der Waals surface area contributed by atoms with E-state index in [0.717, 1.165) is 12.8 Å². The number of carbonyl (C=O) groups excluding carboxylic acids is 1. The number of benzene rings is 1. The van der Waals surface area contributed by atoms with Gasteiger partial charge in [0.15, 0.2) is 5.60 Å². The predicted molar refractivity (Wildman–Crippen MR) is 55.5 cm³/mol. The quantitative estimate of drug-likeness (QED) is 0.721. The zero-order valence-corrected chi connectivity index (χ0v) is 8.93. The Morgan fingerprint density at radius 1 is 1.43 bits per heavy atom. The predicted octanol–water partition coefficient (Wildman–Crippen LogP) is 2.14. The summed E-state index contributed by atoms with van der Waals surface area (Å²) >= 11 is 3.33. The highest BCUT2D eigenvalue weighted by Crippen LogP contribution is 2.52. The Labute approximate surface area is 89.4 Å². The smallest absolute Gasteiger partial charge is 0.211 e. The molecule has 1 fully saturated rings. The molecule has 0 radical (unpaired) electrons. The number of ether oxygens (including phenoxy) is 1. The van der Waals surface area contributed by atoms with Gasteiger partial charge in [-0.25, -0.2) is 0 Å². The van der Waals surface area contributed by atoms with E-state index in [-0.39, 0.29) is 5.78 Å². The zero-order chi connectivity index (χ0) is 9.92. The van der Waals surface area contributed by atoms with Crippen molar-refractivity contribution in [3.8, 4) is 5.75 Å². The Bertz CT molecular complexity index is 452. The fourth-order valence-corrected chi connectivity index (χ4v) is 2.31. The maximum Gasteiger partial charge on any atom is 0.211 e. The van der Waals surface area contributed by atoms with Gasteiger partial charge in [-0.1, -0.05) is 0 Å². The molecule has 3 nitrogen and oxygen atoms in total. The largest absolute Gasteiger partial charge is 0.478 e. The van der Waals surface area contributed by atoms with Crippen molar-refractivity contribution in [3.05, 3.63) is 22.2 Å². The Morgan fingerprint density at radius 2 is 2.14 bits per heavy atom. The molecule has 1 aliphatic carbocycles. The third-order valence-corrected chi connectivity index (χ3v) is 3.64. The topological polar surface area (TPSA) is 52.3 Å². The van der Waals surface area contributed by atoms with Gasteiger partial charge in [0.05, 0.1) is 10.0 Å². The van der Waals surface area contributed by atoms with Gasteiger partial charge in [-0.3, -0.25) is 4.79 Å². The van der Waals surface area contributed by atoms with Crippen LogP contribution in [0.3, 0.4) is 0 Å². The summed E-state index contributed by atoms with van der Waals surface area (Å²) in [5.74, 6) is 0.736. The molecular weight excluding hydrogens is 246 g/mol. The molecule has 72 valence electrons. The number of fused-ring (bicyclic) bond motifs is 1. The summed E-state index contributed by atoms with van der Waals surface area (Å²) in [5, 5.41) is 0. The minimum atomic E-state index is -0.529. The monoisotopic (exact) mass is 253 g/mol. The molecule has 0 aromatic heterocycles. The molecule has 0 amide bonds. The second-order valence-corrected chi connectivity index (χ2v) is 4.56. The van der Waals surface area contributed by atoms with E-state index in [1.807, 2.05) is 0 Å². The molecule has 1 aromatic carbocycles. The lowest BCUT2D eigenvalue weighted by molar-refractivity contribution is 0.0820. The van der Waals surface area contributed by atoms with Crippen LogP contribution in [0.25, 0.3) is 0 Å². The van der Waals surface area contributed by atoms with Gasteiger partial charge in [-0.15, -0.1) is 0 Å². The molecule has 0 atom stereocenters. The van der Waals surface area contributed by atoms with Crippen LogP contribution in [-0.4, -0.2) is 11.4 Å². The number of nitrogens with two attached hydrogens (primary N) is 1. The van der Waals surface area contributed by atoms with Gasteiger partial charge in [-0.2, -0.15) is 0 Å². The number of nitrogen functional groups attached to an aromatic ring is 1. The fourth-order valence-electron chi connectivity index (χ4n) is 1.80. The molecule has 1 heterocycles. The number of anilines is 1. The highest BCUT2D eigenvalue weighted by atomic mass is 79.9. The van der Waals surface area contributed by atoms with Crippen molar-refractivity contribution in [3.63, 3.8) is 0 Å². The molecule has 0 unspecified atom stereocenters. The summed E-state index contributed by atoms with van der Waals surface area (Å²) in [4.78, 5) is 11.9. The van der Waals surface area contributed by atoms with Crippen molar-refractivity contribution in [2.75, 3.05) is 5.73 Å². The summed E-state index contributed by atoms with van der Waals surface area (Å²) in [6, 6.07) is 3.51. The highest BCUT2D eigenvalue weighted by molar-refractivity contribution is 9.10. The second-order valence-electron chi connectivity index (χ2n) is 3.77. The third kappa shape index (κ3) is 0.843. The summed E-state index contributed by atoms with van der Waals surface area (Å²) in [5.41, 5.74) is 6.38. The summed E-state index contributed by atoms with van der Waals surface area (Å²) in [6.07, 6.45) is 1.65. The van der Waals surface area contributed by atoms with Crippen molar-refractivity contribution >= 4 is 27.4 Å². The Kier molecular flexibility index (Phi) is 1.37. The van der Waals surface area contributed by atoms with E-state index >= 15 is 0 Å². The van der Waals surface area contributed by atoms with Crippen LogP contribution in [0.2, 0.25) is 0 Å². The highest BCUT2D eigenvalue weighted by Gasteiger charge is 2.58. The molecule has 0 bridgehead atoms. The maximum atomic E-state index is 11.9. The van der Waals surface area contributed by atoms with Crippen LogP contribution < -0.4 is 10.5 Å².